The molecule has 1 fully saturated rings. The quantitative estimate of drug-likeness (QED) is 0.227. The van der Waals surface area contributed by atoms with Gasteiger partial charge in [0, 0.05) is 23.3 Å². The molecule has 0 spiro atoms. The van der Waals surface area contributed by atoms with Gasteiger partial charge in [-0.1, -0.05) is 42.5 Å². The van der Waals surface area contributed by atoms with Gasteiger partial charge in [0.1, 0.15) is 5.75 Å². The Hall–Kier alpha value is -3.30. The van der Waals surface area contributed by atoms with Crippen molar-refractivity contribution in [2.24, 2.45) is 5.92 Å². The summed E-state index contributed by atoms with van der Waals surface area (Å²) in [7, 11) is 1.49. The van der Waals surface area contributed by atoms with E-state index in [0.717, 1.165) is 11.1 Å². The van der Waals surface area contributed by atoms with Gasteiger partial charge in [-0.3, -0.25) is 20.2 Å². The van der Waals surface area contributed by atoms with Gasteiger partial charge in [0.15, 0.2) is 0 Å². The van der Waals surface area contributed by atoms with Crippen molar-refractivity contribution in [2.45, 2.75) is 33.9 Å². The predicted molar refractivity (Wildman–Crippen MR) is 136 cm³/mol. The summed E-state index contributed by atoms with van der Waals surface area (Å²) in [6.07, 6.45) is 0.687. The Labute approximate surface area is 210 Å². The molecule has 1 aliphatic carbocycles. The van der Waals surface area contributed by atoms with Gasteiger partial charge in [-0.25, -0.2) is 0 Å². The van der Waals surface area contributed by atoms with Crippen LogP contribution in [0.5, 0.6) is 5.75 Å². The molecule has 1 saturated carbocycles. The molecule has 180 valence electrons. The molecular weight excluding hydrogens is 490 g/mol. The van der Waals surface area contributed by atoms with E-state index in [1.807, 2.05) is 30.3 Å². The molecule has 0 unspecified atom stereocenters. The largest absolute Gasteiger partial charge is 0.494 e. The molecule has 3 aromatic carbocycles. The average Bonchev–Trinajstić information content (AvgIpc) is 3.19. The predicted octanol–water partition coefficient (Wildman–Crippen LogP) is 6.55. The van der Waals surface area contributed by atoms with E-state index in [9.17, 15) is 20.2 Å². The number of hydrogen-bond acceptors (Lipinski definition) is 7. The molecule has 5 rings (SSSR count). The smallest absolute Gasteiger partial charge is 0.282 e. The topological polar surface area (TPSA) is 108 Å². The van der Waals surface area contributed by atoms with Gasteiger partial charge in [-0.2, -0.15) is 0 Å². The summed E-state index contributed by atoms with van der Waals surface area (Å²) in [5.41, 5.74) is 2.52. The number of benzene rings is 3. The summed E-state index contributed by atoms with van der Waals surface area (Å²) in [5.74, 6) is 0.221. The van der Waals surface area contributed by atoms with Crippen molar-refractivity contribution in [3.8, 4) is 5.75 Å². The van der Waals surface area contributed by atoms with E-state index in [-0.39, 0.29) is 39.4 Å². The summed E-state index contributed by atoms with van der Waals surface area (Å²) in [5, 5.41) is 26.3. The van der Waals surface area contributed by atoms with Gasteiger partial charge in [0.05, 0.1) is 45.0 Å². The number of nitro groups is 2. The maximum absolute atomic E-state index is 11.6. The van der Waals surface area contributed by atoms with Gasteiger partial charge in [-0.15, -0.1) is 23.4 Å². The Morgan fingerprint density at radius 1 is 1.03 bits per heavy atom. The van der Waals surface area contributed by atoms with Crippen molar-refractivity contribution in [3.05, 3.63) is 98.1 Å². The number of thioether (sulfide) groups is 1. The number of non-ortho nitro benzene ring substituents is 1. The molecule has 35 heavy (non-hydrogen) atoms. The van der Waals surface area contributed by atoms with E-state index in [1.54, 1.807) is 24.3 Å². The molecule has 0 aromatic heterocycles. The van der Waals surface area contributed by atoms with Crippen LogP contribution in [0.25, 0.3) is 0 Å². The fraction of sp³-hybridized carbons (Fsp3) is 0.280. The van der Waals surface area contributed by atoms with Crippen molar-refractivity contribution >= 4 is 40.4 Å². The fourth-order valence-corrected chi connectivity index (χ4v) is 7.24. The summed E-state index contributed by atoms with van der Waals surface area (Å²) in [4.78, 5) is 23.0. The summed E-state index contributed by atoms with van der Waals surface area (Å²) in [6.45, 7) is 0. The highest BCUT2D eigenvalue weighted by Crippen LogP contribution is 2.59. The zero-order valence-electron chi connectivity index (χ0n) is 18.7. The molecule has 8 nitrogen and oxygen atoms in total. The lowest BCUT2D eigenvalue weighted by Crippen LogP contribution is -2.31. The highest BCUT2D eigenvalue weighted by molar-refractivity contribution is 8.00. The molecular formula is C25H22ClN3O5S. The Morgan fingerprint density at radius 2 is 1.74 bits per heavy atom. The van der Waals surface area contributed by atoms with Crippen LogP contribution in [0.4, 0.5) is 17.1 Å². The number of ether oxygens (including phenoxy) is 1. The summed E-state index contributed by atoms with van der Waals surface area (Å²) < 4.78 is 5.55. The molecule has 5 atom stereocenters. The standard InChI is InChI=1S/C25H22ClN3O5S/c1-34-19-12-15(28(30)31)11-16-22-17(24(27-25(16)19)14-7-3-2-4-8-14)13-21(23(22)26)35-20-10-6-5-9-18(20)29(32)33/h2-12,17,21-24,27H,13H2,1H3/t17-,21+,22-,23+,24-/m1/s1. The van der Waals surface area contributed by atoms with Crippen LogP contribution in [0.15, 0.2) is 71.6 Å². The first kappa shape index (κ1) is 23.4. The average molecular weight is 512 g/mol. The van der Waals surface area contributed by atoms with Crippen molar-refractivity contribution in [1.82, 2.24) is 0 Å². The van der Waals surface area contributed by atoms with Crippen molar-refractivity contribution in [1.29, 1.82) is 0 Å². The Kier molecular flexibility index (Phi) is 6.29. The summed E-state index contributed by atoms with van der Waals surface area (Å²) in [6, 6.07) is 19.5. The minimum Gasteiger partial charge on any atom is -0.494 e. The van der Waals surface area contributed by atoms with Crippen molar-refractivity contribution in [2.75, 3.05) is 12.4 Å². The highest BCUT2D eigenvalue weighted by Gasteiger charge is 2.51. The number of methoxy groups -OCH3 is 1. The molecule has 3 aromatic rings. The first-order chi connectivity index (χ1) is 16.9. The first-order valence-electron chi connectivity index (χ1n) is 11.1. The first-order valence-corrected chi connectivity index (χ1v) is 12.4. The third-order valence-electron chi connectivity index (χ3n) is 6.80. The van der Waals surface area contributed by atoms with E-state index in [0.29, 0.717) is 22.8 Å². The van der Waals surface area contributed by atoms with Crippen LogP contribution >= 0.6 is 23.4 Å². The van der Waals surface area contributed by atoms with Crippen LogP contribution in [0.2, 0.25) is 0 Å². The van der Waals surface area contributed by atoms with Gasteiger partial charge in [-0.05, 0) is 29.5 Å². The van der Waals surface area contributed by atoms with Gasteiger partial charge >= 0.3 is 0 Å². The van der Waals surface area contributed by atoms with Crippen LogP contribution in [-0.4, -0.2) is 27.6 Å². The van der Waals surface area contributed by atoms with Gasteiger partial charge in [0.2, 0.25) is 0 Å². The molecule has 1 heterocycles. The molecule has 1 aliphatic heterocycles. The highest BCUT2D eigenvalue weighted by atomic mass is 35.5. The van der Waals surface area contributed by atoms with Crippen LogP contribution in [-0.2, 0) is 0 Å². The maximum Gasteiger partial charge on any atom is 0.282 e. The number of anilines is 1. The van der Waals surface area contributed by atoms with E-state index in [4.69, 9.17) is 16.3 Å². The number of para-hydroxylation sites is 1. The lowest BCUT2D eigenvalue weighted by molar-refractivity contribution is -0.387. The molecule has 0 radical (unpaired) electrons. The molecule has 0 amide bonds. The second-order valence-corrected chi connectivity index (χ2v) is 10.4. The number of nitrogens with zero attached hydrogens (tertiary/aromatic N) is 2. The third-order valence-corrected chi connectivity index (χ3v) is 8.91. The molecule has 0 bridgehead atoms. The molecule has 2 aliphatic rings. The van der Waals surface area contributed by atoms with E-state index in [1.165, 1.54) is 31.0 Å². The van der Waals surface area contributed by atoms with Crippen LogP contribution in [0.1, 0.15) is 29.5 Å². The number of rotatable bonds is 6. The van der Waals surface area contributed by atoms with Crippen molar-refractivity contribution < 1.29 is 14.6 Å². The number of fused-ring (bicyclic) bond motifs is 3. The maximum atomic E-state index is 11.6. The van der Waals surface area contributed by atoms with E-state index in [2.05, 4.69) is 5.32 Å². The molecule has 0 saturated heterocycles. The number of nitrogens with one attached hydrogen (secondary N) is 1. The third kappa shape index (κ3) is 4.19. The van der Waals surface area contributed by atoms with Gasteiger partial charge in [0.25, 0.3) is 11.4 Å². The lowest BCUT2D eigenvalue weighted by Gasteiger charge is -2.38. The number of hydrogen-bond donors (Lipinski definition) is 1. The Balaban J connectivity index is 1.60. The van der Waals surface area contributed by atoms with Crippen molar-refractivity contribution in [3.63, 3.8) is 0 Å². The van der Waals surface area contributed by atoms with E-state index < -0.39 is 10.3 Å². The molecule has 1 N–H and O–H groups in total. The minimum atomic E-state index is -0.432. The zero-order chi connectivity index (χ0) is 24.7. The summed E-state index contributed by atoms with van der Waals surface area (Å²) >= 11 is 8.52. The Bertz CT molecular complexity index is 1290. The Morgan fingerprint density at radius 3 is 2.43 bits per heavy atom. The fourth-order valence-electron chi connectivity index (χ4n) is 5.30. The number of halogens is 1. The number of nitro benzene ring substituents is 2. The van der Waals surface area contributed by atoms with E-state index >= 15 is 0 Å². The number of alkyl halides is 1. The zero-order valence-corrected chi connectivity index (χ0v) is 20.2. The monoisotopic (exact) mass is 511 g/mol. The second kappa shape index (κ2) is 9.39. The second-order valence-electron chi connectivity index (χ2n) is 8.65. The normalized spacial score (nSPS) is 24.7. The minimum absolute atomic E-state index is 0.0272. The SMILES string of the molecule is COc1cc([N+](=O)[O-])cc2c1N[C@H](c1ccccc1)[C@@H]1C[C@H](Sc3ccccc3[N+](=O)[O-])[C@H](Cl)[C@H]21. The molecule has 10 heteroatoms. The van der Waals surface area contributed by atoms with Gasteiger partial charge < -0.3 is 10.1 Å². The lowest BCUT2D eigenvalue weighted by atomic mass is 9.77. The van der Waals surface area contributed by atoms with Crippen LogP contribution in [0, 0.1) is 26.1 Å². The van der Waals surface area contributed by atoms with Crippen LogP contribution in [0.3, 0.4) is 0 Å². The van der Waals surface area contributed by atoms with Crippen LogP contribution < -0.4 is 10.1 Å².